The average molecular weight is 337 g/mol. The molecule has 1 atom stereocenters. The number of nitrogens with zero attached hydrogens (tertiary/aromatic N) is 4. The lowest BCUT2D eigenvalue weighted by atomic mass is 9.87. The Morgan fingerprint density at radius 1 is 1.38 bits per heavy atom. The van der Waals surface area contributed by atoms with Crippen LogP contribution in [-0.2, 0) is 19.5 Å². The zero-order chi connectivity index (χ0) is 17.9. The molecule has 0 radical (unpaired) electrons. The van der Waals surface area contributed by atoms with E-state index >= 15 is 0 Å². The monoisotopic (exact) mass is 337 g/mol. The maximum atomic E-state index is 12.2. The molecule has 2 rings (SSSR count). The minimum atomic E-state index is -0.0751. The van der Waals surface area contributed by atoms with Crippen LogP contribution in [0.5, 0.6) is 0 Å². The van der Waals surface area contributed by atoms with E-state index in [9.17, 15) is 9.59 Å². The van der Waals surface area contributed by atoms with Gasteiger partial charge in [0.1, 0.15) is 5.82 Å². The summed E-state index contributed by atoms with van der Waals surface area (Å²) in [6.07, 6.45) is 3.73. The van der Waals surface area contributed by atoms with Crippen LogP contribution in [0.25, 0.3) is 0 Å². The quantitative estimate of drug-likeness (QED) is 0.834. The maximum absolute atomic E-state index is 12.2. The third-order valence-electron chi connectivity index (χ3n) is 5.01. The normalized spacial score (nSPS) is 15.7. The first-order valence-electron chi connectivity index (χ1n) is 8.89. The van der Waals surface area contributed by atoms with E-state index in [2.05, 4.69) is 38.1 Å². The van der Waals surface area contributed by atoms with Crippen molar-refractivity contribution in [3.05, 3.63) is 16.3 Å². The Balaban J connectivity index is 1.80. The predicted octanol–water partition coefficient (Wildman–Crippen LogP) is 1.85. The summed E-state index contributed by atoms with van der Waals surface area (Å²) >= 11 is 0. The first kappa shape index (κ1) is 18.5. The number of carbonyl (C=O) groups excluding carboxylic acids is 1. The lowest BCUT2D eigenvalue weighted by Crippen LogP contribution is -2.47. The lowest BCUT2D eigenvalue weighted by Gasteiger charge is -2.35. The van der Waals surface area contributed by atoms with Gasteiger partial charge in [-0.1, -0.05) is 20.8 Å². The summed E-state index contributed by atoms with van der Waals surface area (Å²) in [5.74, 6) is 0.897. The van der Waals surface area contributed by atoms with E-state index in [0.717, 1.165) is 31.6 Å². The minimum absolute atomic E-state index is 0.0190. The smallest absolute Gasteiger partial charge is 0.338 e. The molecule has 0 spiro atoms. The van der Waals surface area contributed by atoms with Gasteiger partial charge in [-0.25, -0.2) is 14.3 Å². The molecule has 0 fully saturated rings. The Hall–Kier alpha value is -1.79. The van der Waals surface area contributed by atoms with Gasteiger partial charge in [0.25, 0.3) is 0 Å². The van der Waals surface area contributed by atoms with Crippen molar-refractivity contribution in [1.82, 2.24) is 24.6 Å². The second kappa shape index (κ2) is 7.40. The number of rotatable bonds is 5. The fourth-order valence-electron chi connectivity index (χ4n) is 2.90. The molecule has 2 heterocycles. The van der Waals surface area contributed by atoms with Crippen LogP contribution in [0, 0.1) is 5.41 Å². The highest BCUT2D eigenvalue weighted by Crippen LogP contribution is 2.22. The van der Waals surface area contributed by atoms with Gasteiger partial charge in [0.2, 0.25) is 0 Å². The van der Waals surface area contributed by atoms with E-state index in [0.29, 0.717) is 19.5 Å². The second-order valence-corrected chi connectivity index (χ2v) is 7.77. The molecule has 0 aliphatic carbocycles. The van der Waals surface area contributed by atoms with E-state index in [4.69, 9.17) is 0 Å². The van der Waals surface area contributed by atoms with Crippen molar-refractivity contribution < 1.29 is 4.79 Å². The summed E-state index contributed by atoms with van der Waals surface area (Å²) in [5, 5.41) is 7.33. The Labute approximate surface area is 144 Å². The molecule has 24 heavy (non-hydrogen) atoms. The fourth-order valence-corrected chi connectivity index (χ4v) is 2.90. The van der Waals surface area contributed by atoms with Crippen LogP contribution >= 0.6 is 0 Å². The van der Waals surface area contributed by atoms with Gasteiger partial charge in [0, 0.05) is 39.1 Å². The summed E-state index contributed by atoms with van der Waals surface area (Å²) in [7, 11) is 1.82. The number of aryl methyl sites for hydroxylation is 2. The molecule has 7 heteroatoms. The lowest BCUT2D eigenvalue weighted by molar-refractivity contribution is 0.146. The third-order valence-corrected chi connectivity index (χ3v) is 5.01. The van der Waals surface area contributed by atoms with Crippen molar-refractivity contribution in [3.8, 4) is 0 Å². The molecule has 1 unspecified atom stereocenters. The molecule has 1 aliphatic heterocycles. The first-order chi connectivity index (χ1) is 11.2. The SMILES string of the molecule is CC(N(C)C(=O)NCCCn1nc2n(c1=O)CCCC2)C(C)(C)C. The van der Waals surface area contributed by atoms with Crippen LogP contribution in [0.15, 0.2) is 4.79 Å². The number of urea groups is 1. The van der Waals surface area contributed by atoms with Crippen LogP contribution in [-0.4, -0.2) is 44.9 Å². The van der Waals surface area contributed by atoms with E-state index in [-0.39, 0.29) is 23.2 Å². The summed E-state index contributed by atoms with van der Waals surface area (Å²) in [5.41, 5.74) is 0.0176. The van der Waals surface area contributed by atoms with E-state index < -0.39 is 0 Å². The number of fused-ring (bicyclic) bond motifs is 1. The van der Waals surface area contributed by atoms with Crippen molar-refractivity contribution in [2.75, 3.05) is 13.6 Å². The molecule has 1 aliphatic rings. The van der Waals surface area contributed by atoms with Crippen molar-refractivity contribution >= 4 is 6.03 Å². The maximum Gasteiger partial charge on any atom is 0.345 e. The summed E-state index contributed by atoms with van der Waals surface area (Å²) in [6.45, 7) is 10.3. The number of aromatic nitrogens is 3. The molecular weight excluding hydrogens is 306 g/mol. The highest BCUT2D eigenvalue weighted by atomic mass is 16.2. The summed E-state index contributed by atoms with van der Waals surface area (Å²) < 4.78 is 3.31. The highest BCUT2D eigenvalue weighted by Gasteiger charge is 2.26. The topological polar surface area (TPSA) is 72.2 Å². The molecule has 0 saturated carbocycles. The average Bonchev–Trinajstić information content (AvgIpc) is 2.85. The molecule has 0 aromatic carbocycles. The van der Waals surface area contributed by atoms with Crippen LogP contribution in [0.1, 0.15) is 52.8 Å². The molecule has 136 valence electrons. The molecule has 1 aromatic rings. The van der Waals surface area contributed by atoms with Crippen LogP contribution in [0.2, 0.25) is 0 Å². The van der Waals surface area contributed by atoms with Gasteiger partial charge in [-0.15, -0.1) is 0 Å². The Kier molecular flexibility index (Phi) is 5.72. The molecule has 7 nitrogen and oxygen atoms in total. The van der Waals surface area contributed by atoms with Crippen LogP contribution < -0.4 is 11.0 Å². The zero-order valence-electron chi connectivity index (χ0n) is 15.6. The van der Waals surface area contributed by atoms with Crippen molar-refractivity contribution in [1.29, 1.82) is 0 Å². The number of hydrogen-bond donors (Lipinski definition) is 1. The Morgan fingerprint density at radius 2 is 2.08 bits per heavy atom. The van der Waals surface area contributed by atoms with Crippen molar-refractivity contribution in [3.63, 3.8) is 0 Å². The second-order valence-electron chi connectivity index (χ2n) is 7.77. The highest BCUT2D eigenvalue weighted by molar-refractivity contribution is 5.74. The molecule has 0 bridgehead atoms. The Morgan fingerprint density at radius 3 is 2.71 bits per heavy atom. The number of nitrogens with one attached hydrogen (secondary N) is 1. The standard InChI is InChI=1S/C17H31N5O2/c1-13(17(2,3)4)20(5)15(23)18-10-8-12-22-16(24)21-11-7-6-9-14(21)19-22/h13H,6-12H2,1-5H3,(H,18,23). The van der Waals surface area contributed by atoms with Gasteiger partial charge in [-0.3, -0.25) is 4.57 Å². The van der Waals surface area contributed by atoms with Crippen LogP contribution in [0.3, 0.4) is 0 Å². The first-order valence-corrected chi connectivity index (χ1v) is 8.89. The number of carbonyl (C=O) groups is 1. The summed E-state index contributed by atoms with van der Waals surface area (Å²) in [6, 6.07) is 0.0638. The van der Waals surface area contributed by atoms with Gasteiger partial charge in [0.15, 0.2) is 0 Å². The molecular formula is C17H31N5O2. The van der Waals surface area contributed by atoms with Gasteiger partial charge < -0.3 is 10.2 Å². The minimum Gasteiger partial charge on any atom is -0.338 e. The summed E-state index contributed by atoms with van der Waals surface area (Å²) in [4.78, 5) is 26.2. The zero-order valence-corrected chi connectivity index (χ0v) is 15.6. The predicted molar refractivity (Wildman–Crippen MR) is 94.1 cm³/mol. The van der Waals surface area contributed by atoms with E-state index in [1.54, 1.807) is 9.47 Å². The largest absolute Gasteiger partial charge is 0.345 e. The van der Waals surface area contributed by atoms with Gasteiger partial charge in [-0.2, -0.15) is 5.10 Å². The van der Waals surface area contributed by atoms with Gasteiger partial charge in [-0.05, 0) is 31.6 Å². The molecule has 2 amide bonds. The number of amides is 2. The van der Waals surface area contributed by atoms with Crippen molar-refractivity contribution in [2.24, 2.45) is 5.41 Å². The molecule has 1 N–H and O–H groups in total. The molecule has 1 aromatic heterocycles. The molecule has 0 saturated heterocycles. The fraction of sp³-hybridized carbons (Fsp3) is 0.824. The number of hydrogen-bond acceptors (Lipinski definition) is 3. The van der Waals surface area contributed by atoms with E-state index in [1.807, 2.05) is 7.05 Å². The van der Waals surface area contributed by atoms with Gasteiger partial charge in [0.05, 0.1) is 0 Å². The van der Waals surface area contributed by atoms with Gasteiger partial charge >= 0.3 is 11.7 Å². The Bertz CT molecular complexity index is 626. The third kappa shape index (κ3) is 4.19. The van der Waals surface area contributed by atoms with Crippen molar-refractivity contribution in [2.45, 2.75) is 72.5 Å². The van der Waals surface area contributed by atoms with Crippen LogP contribution in [0.4, 0.5) is 4.79 Å². The van der Waals surface area contributed by atoms with E-state index in [1.165, 1.54) is 4.68 Å².